The van der Waals surface area contributed by atoms with Crippen LogP contribution in [0.15, 0.2) is 11.2 Å². The molecule has 0 aliphatic heterocycles. The van der Waals surface area contributed by atoms with Gasteiger partial charge in [-0.25, -0.2) is 9.97 Å². The van der Waals surface area contributed by atoms with Crippen molar-refractivity contribution in [2.75, 3.05) is 43.6 Å². The third-order valence-corrected chi connectivity index (χ3v) is 3.64. The number of nitrogens with one attached hydrogen (secondary N) is 2. The topological polar surface area (TPSA) is 53.1 Å². The van der Waals surface area contributed by atoms with E-state index in [0.29, 0.717) is 6.04 Å². The number of hydrogen-bond acceptors (Lipinski definition) is 6. The summed E-state index contributed by atoms with van der Waals surface area (Å²) in [4.78, 5) is 11.2. The first-order chi connectivity index (χ1) is 9.56. The Hall–Kier alpha value is -1.01. The fourth-order valence-corrected chi connectivity index (χ4v) is 1.95. The summed E-state index contributed by atoms with van der Waals surface area (Å²) in [5.41, 5.74) is 0. The second kappa shape index (κ2) is 9.02. The highest BCUT2D eigenvalue weighted by atomic mass is 32.2. The van der Waals surface area contributed by atoms with Crippen molar-refractivity contribution in [1.29, 1.82) is 0 Å². The molecule has 0 aliphatic carbocycles. The van der Waals surface area contributed by atoms with Crippen molar-refractivity contribution in [1.82, 2.24) is 14.9 Å². The molecule has 1 heterocycles. The van der Waals surface area contributed by atoms with Crippen molar-refractivity contribution in [2.24, 2.45) is 0 Å². The molecule has 0 amide bonds. The van der Waals surface area contributed by atoms with E-state index in [0.717, 1.165) is 42.8 Å². The Morgan fingerprint density at radius 1 is 1.20 bits per heavy atom. The van der Waals surface area contributed by atoms with Gasteiger partial charge in [0.05, 0.1) is 0 Å². The molecule has 0 aliphatic rings. The first-order valence-corrected chi connectivity index (χ1v) is 8.40. The summed E-state index contributed by atoms with van der Waals surface area (Å²) in [6.45, 7) is 9.35. The minimum absolute atomic E-state index is 0.561. The van der Waals surface area contributed by atoms with Crippen molar-refractivity contribution < 1.29 is 0 Å². The average Bonchev–Trinajstić information content (AvgIpc) is 2.44. The number of aromatic nitrogens is 2. The van der Waals surface area contributed by atoms with E-state index < -0.39 is 0 Å². The van der Waals surface area contributed by atoms with Gasteiger partial charge in [0.25, 0.3) is 0 Å². The van der Waals surface area contributed by atoms with Crippen LogP contribution in [0.3, 0.4) is 0 Å². The van der Waals surface area contributed by atoms with Gasteiger partial charge >= 0.3 is 0 Å². The van der Waals surface area contributed by atoms with E-state index >= 15 is 0 Å². The van der Waals surface area contributed by atoms with Crippen LogP contribution in [0.25, 0.3) is 0 Å². The Morgan fingerprint density at radius 2 is 1.80 bits per heavy atom. The van der Waals surface area contributed by atoms with Crippen molar-refractivity contribution >= 4 is 23.4 Å². The van der Waals surface area contributed by atoms with Gasteiger partial charge in [-0.3, -0.25) is 0 Å². The van der Waals surface area contributed by atoms with Crippen LogP contribution in [0, 0.1) is 0 Å². The number of hydrogen-bond donors (Lipinski definition) is 2. The molecule has 0 radical (unpaired) electrons. The van der Waals surface area contributed by atoms with Gasteiger partial charge < -0.3 is 15.5 Å². The van der Waals surface area contributed by atoms with Gasteiger partial charge in [-0.05, 0) is 33.6 Å². The molecule has 0 saturated heterocycles. The first-order valence-electron chi connectivity index (χ1n) is 7.17. The number of likely N-dealkylation sites (N-methyl/N-ethyl adjacent to an activating group) is 1. The predicted octanol–water partition coefficient (Wildman–Crippen LogP) is 2.77. The van der Waals surface area contributed by atoms with Gasteiger partial charge in [0, 0.05) is 31.7 Å². The molecule has 1 aromatic rings. The number of rotatable bonds is 9. The standard InChI is InChI=1S/C14H27N5S/c1-6-7-15-12-10-13(18-14(17-12)20-5)16-8-9-19(4)11(2)3/h10-11H,6-9H2,1-5H3,(H2,15,16,17,18). The second-order valence-corrected chi connectivity index (χ2v) is 5.83. The second-order valence-electron chi connectivity index (χ2n) is 5.05. The summed E-state index contributed by atoms with van der Waals surface area (Å²) in [6.07, 6.45) is 3.08. The summed E-state index contributed by atoms with van der Waals surface area (Å²) in [7, 11) is 2.13. The molecular formula is C14H27N5S. The molecule has 0 unspecified atom stereocenters. The lowest BCUT2D eigenvalue weighted by atomic mass is 10.3. The number of nitrogens with zero attached hydrogens (tertiary/aromatic N) is 3. The van der Waals surface area contributed by atoms with E-state index in [9.17, 15) is 0 Å². The molecule has 0 aromatic carbocycles. The van der Waals surface area contributed by atoms with Crippen LogP contribution < -0.4 is 10.6 Å². The molecule has 2 N–H and O–H groups in total. The summed E-state index contributed by atoms with van der Waals surface area (Å²) in [6, 6.07) is 2.54. The van der Waals surface area contributed by atoms with Crippen LogP contribution in [-0.2, 0) is 0 Å². The van der Waals surface area contributed by atoms with E-state index in [2.05, 4.69) is 53.3 Å². The van der Waals surface area contributed by atoms with Gasteiger partial charge in [0.2, 0.25) is 0 Å². The molecular weight excluding hydrogens is 270 g/mol. The Labute approximate surface area is 127 Å². The van der Waals surface area contributed by atoms with Gasteiger partial charge in [0.1, 0.15) is 11.6 Å². The minimum atomic E-state index is 0.561. The lowest BCUT2D eigenvalue weighted by Gasteiger charge is -2.21. The van der Waals surface area contributed by atoms with Gasteiger partial charge in [0.15, 0.2) is 5.16 Å². The van der Waals surface area contributed by atoms with Crippen LogP contribution in [0.1, 0.15) is 27.2 Å². The monoisotopic (exact) mass is 297 g/mol. The Morgan fingerprint density at radius 3 is 2.30 bits per heavy atom. The molecule has 6 heteroatoms. The Balaban J connectivity index is 2.59. The van der Waals surface area contributed by atoms with Gasteiger partial charge in [-0.15, -0.1) is 0 Å². The zero-order valence-corrected chi connectivity index (χ0v) is 14.0. The van der Waals surface area contributed by atoms with Gasteiger partial charge in [-0.1, -0.05) is 18.7 Å². The minimum Gasteiger partial charge on any atom is -0.370 e. The molecule has 0 fully saturated rings. The molecule has 0 saturated carbocycles. The SMILES string of the molecule is CCCNc1cc(NCCN(C)C(C)C)nc(SC)n1. The molecule has 0 atom stereocenters. The quantitative estimate of drug-likeness (QED) is 0.540. The summed E-state index contributed by atoms with van der Waals surface area (Å²) < 4.78 is 0. The normalized spacial score (nSPS) is 11.2. The van der Waals surface area contributed by atoms with Crippen LogP contribution in [0.5, 0.6) is 0 Å². The van der Waals surface area contributed by atoms with Crippen molar-refractivity contribution in [2.45, 2.75) is 38.4 Å². The Bertz CT molecular complexity index is 397. The first kappa shape index (κ1) is 17.0. The van der Waals surface area contributed by atoms with Crippen LogP contribution in [-0.4, -0.2) is 53.8 Å². The molecule has 20 heavy (non-hydrogen) atoms. The number of thioether (sulfide) groups is 1. The molecule has 0 bridgehead atoms. The van der Waals surface area contributed by atoms with Gasteiger partial charge in [-0.2, -0.15) is 0 Å². The van der Waals surface area contributed by atoms with Crippen molar-refractivity contribution in [3.63, 3.8) is 0 Å². The summed E-state index contributed by atoms with van der Waals surface area (Å²) >= 11 is 1.56. The zero-order valence-electron chi connectivity index (χ0n) is 13.2. The highest BCUT2D eigenvalue weighted by Crippen LogP contribution is 2.17. The maximum absolute atomic E-state index is 4.48. The molecule has 5 nitrogen and oxygen atoms in total. The zero-order chi connectivity index (χ0) is 15.0. The van der Waals surface area contributed by atoms with Crippen molar-refractivity contribution in [3.8, 4) is 0 Å². The molecule has 0 spiro atoms. The maximum Gasteiger partial charge on any atom is 0.191 e. The molecule has 1 aromatic heterocycles. The average molecular weight is 297 g/mol. The lowest BCUT2D eigenvalue weighted by molar-refractivity contribution is 0.284. The molecule has 114 valence electrons. The fraction of sp³-hybridized carbons (Fsp3) is 0.714. The highest BCUT2D eigenvalue weighted by molar-refractivity contribution is 7.98. The summed E-state index contributed by atoms with van der Waals surface area (Å²) in [5.74, 6) is 1.78. The smallest absolute Gasteiger partial charge is 0.191 e. The summed E-state index contributed by atoms with van der Waals surface area (Å²) in [5, 5.41) is 7.48. The molecule has 1 rings (SSSR count). The Kier molecular flexibility index (Phi) is 7.69. The van der Waals surface area contributed by atoms with Crippen LogP contribution in [0.4, 0.5) is 11.6 Å². The largest absolute Gasteiger partial charge is 0.370 e. The predicted molar refractivity (Wildman–Crippen MR) is 88.8 cm³/mol. The van der Waals surface area contributed by atoms with E-state index in [-0.39, 0.29) is 0 Å². The third-order valence-electron chi connectivity index (χ3n) is 3.10. The van der Waals surface area contributed by atoms with Crippen LogP contribution >= 0.6 is 11.8 Å². The van der Waals surface area contributed by atoms with E-state index in [4.69, 9.17) is 0 Å². The van der Waals surface area contributed by atoms with E-state index in [1.54, 1.807) is 11.8 Å². The lowest BCUT2D eigenvalue weighted by Crippen LogP contribution is -2.31. The highest BCUT2D eigenvalue weighted by Gasteiger charge is 2.05. The fourth-order valence-electron chi connectivity index (χ4n) is 1.57. The number of anilines is 2. The van der Waals surface area contributed by atoms with Crippen LogP contribution in [0.2, 0.25) is 0 Å². The third kappa shape index (κ3) is 5.96. The maximum atomic E-state index is 4.48. The van der Waals surface area contributed by atoms with Crippen molar-refractivity contribution in [3.05, 3.63) is 6.07 Å². The van der Waals surface area contributed by atoms with E-state index in [1.165, 1.54) is 0 Å². The van der Waals surface area contributed by atoms with E-state index in [1.807, 2.05) is 12.3 Å².